The quantitative estimate of drug-likeness (QED) is 0.212. The van der Waals surface area contributed by atoms with E-state index in [4.69, 9.17) is 14.2 Å². The van der Waals surface area contributed by atoms with Gasteiger partial charge in [0.25, 0.3) is 5.78 Å². The summed E-state index contributed by atoms with van der Waals surface area (Å²) in [5.41, 5.74) is 2.49. The molecule has 0 radical (unpaired) electrons. The van der Waals surface area contributed by atoms with Crippen LogP contribution in [0.5, 0.6) is 17.2 Å². The number of carbonyl (C=O) groups is 2. The number of rotatable bonds is 6. The van der Waals surface area contributed by atoms with Crippen molar-refractivity contribution in [2.24, 2.45) is 0 Å². The fourth-order valence-electron chi connectivity index (χ4n) is 4.37. The Morgan fingerprint density at radius 3 is 2.27 bits per heavy atom. The number of aliphatic hydroxyl groups excluding tert-OH is 1. The number of aryl methyl sites for hydroxylation is 1. The first-order valence-corrected chi connectivity index (χ1v) is 12.2. The number of amides is 1. The maximum Gasteiger partial charge on any atom is 0.301 e. The van der Waals surface area contributed by atoms with Crippen LogP contribution in [0.3, 0.4) is 0 Å². The molecule has 37 heavy (non-hydrogen) atoms. The summed E-state index contributed by atoms with van der Waals surface area (Å²) < 4.78 is 17.1. The van der Waals surface area contributed by atoms with Gasteiger partial charge < -0.3 is 19.3 Å². The Hall–Kier alpha value is -4.37. The summed E-state index contributed by atoms with van der Waals surface area (Å²) in [7, 11) is 4.60. The molecule has 0 saturated carbocycles. The van der Waals surface area contributed by atoms with E-state index in [1.807, 2.05) is 25.1 Å². The van der Waals surface area contributed by atoms with E-state index in [9.17, 15) is 14.7 Å². The molecule has 0 spiro atoms. The van der Waals surface area contributed by atoms with Gasteiger partial charge in [0.15, 0.2) is 5.13 Å². The molecule has 1 fully saturated rings. The van der Waals surface area contributed by atoms with E-state index in [0.717, 1.165) is 10.3 Å². The summed E-state index contributed by atoms with van der Waals surface area (Å²) in [6.45, 7) is 1.92. The molecule has 9 heteroatoms. The second kappa shape index (κ2) is 9.59. The third-order valence-electron chi connectivity index (χ3n) is 6.29. The van der Waals surface area contributed by atoms with Crippen LogP contribution in [0.2, 0.25) is 0 Å². The number of fused-ring (bicyclic) bond motifs is 1. The second-order valence-corrected chi connectivity index (χ2v) is 9.48. The number of Topliss-reactive ketones (excluding diaryl/α,β-unsaturated/α-hetero) is 1. The van der Waals surface area contributed by atoms with Crippen LogP contribution in [0.4, 0.5) is 5.13 Å². The number of aromatic nitrogens is 1. The van der Waals surface area contributed by atoms with E-state index in [0.29, 0.717) is 39.0 Å². The lowest BCUT2D eigenvalue weighted by molar-refractivity contribution is -0.132. The number of thiazole rings is 1. The summed E-state index contributed by atoms with van der Waals surface area (Å²) in [6, 6.07) is 16.6. The number of benzene rings is 3. The highest BCUT2D eigenvalue weighted by Gasteiger charge is 2.49. The van der Waals surface area contributed by atoms with Crippen molar-refractivity contribution in [1.82, 2.24) is 4.98 Å². The minimum Gasteiger partial charge on any atom is -0.507 e. The lowest BCUT2D eigenvalue weighted by Gasteiger charge is -2.25. The Kier molecular flexibility index (Phi) is 6.31. The lowest BCUT2D eigenvalue weighted by Crippen LogP contribution is -2.29. The molecule has 1 amide bonds. The molecule has 2 heterocycles. The number of anilines is 1. The number of ketones is 1. The van der Waals surface area contributed by atoms with Gasteiger partial charge in [-0.1, -0.05) is 41.2 Å². The molecule has 1 atom stereocenters. The van der Waals surface area contributed by atoms with E-state index < -0.39 is 17.7 Å². The minimum absolute atomic E-state index is 0.0581. The van der Waals surface area contributed by atoms with Crippen LogP contribution in [0.1, 0.15) is 22.7 Å². The zero-order valence-electron chi connectivity index (χ0n) is 20.6. The van der Waals surface area contributed by atoms with Crippen LogP contribution < -0.4 is 19.1 Å². The van der Waals surface area contributed by atoms with Crippen molar-refractivity contribution in [3.05, 3.63) is 82.9 Å². The molecule has 1 aliphatic heterocycles. The predicted octanol–water partition coefficient (Wildman–Crippen LogP) is 5.26. The molecule has 0 unspecified atom stereocenters. The van der Waals surface area contributed by atoms with Crippen molar-refractivity contribution in [3.63, 3.8) is 0 Å². The summed E-state index contributed by atoms with van der Waals surface area (Å²) in [5.74, 6) is -0.311. The van der Waals surface area contributed by atoms with Gasteiger partial charge in [-0.2, -0.15) is 0 Å². The van der Waals surface area contributed by atoms with E-state index in [-0.39, 0.29) is 11.3 Å². The second-order valence-electron chi connectivity index (χ2n) is 8.47. The fraction of sp³-hybridized carbons (Fsp3) is 0.179. The van der Waals surface area contributed by atoms with Crippen LogP contribution in [0.15, 0.2) is 66.2 Å². The van der Waals surface area contributed by atoms with Crippen molar-refractivity contribution in [2.45, 2.75) is 13.0 Å². The molecule has 1 aliphatic rings. The average molecular weight is 517 g/mol. The normalized spacial score (nSPS) is 16.9. The van der Waals surface area contributed by atoms with Gasteiger partial charge in [-0.05, 0) is 43.3 Å². The average Bonchev–Trinajstić information content (AvgIpc) is 3.45. The van der Waals surface area contributed by atoms with Gasteiger partial charge in [-0.25, -0.2) is 4.98 Å². The molecule has 1 aromatic heterocycles. The molecule has 3 aromatic carbocycles. The first kappa shape index (κ1) is 24.3. The molecule has 1 saturated heterocycles. The third-order valence-corrected chi connectivity index (χ3v) is 7.31. The molecule has 1 N–H and O–H groups in total. The molecule has 8 nitrogen and oxygen atoms in total. The Morgan fingerprint density at radius 1 is 0.919 bits per heavy atom. The Labute approximate surface area is 217 Å². The van der Waals surface area contributed by atoms with Crippen molar-refractivity contribution >= 4 is 44.1 Å². The van der Waals surface area contributed by atoms with Crippen molar-refractivity contribution < 1.29 is 28.9 Å². The molecule has 5 rings (SSSR count). The van der Waals surface area contributed by atoms with Crippen molar-refractivity contribution in [3.8, 4) is 17.2 Å². The van der Waals surface area contributed by atoms with Gasteiger partial charge in [-0.3, -0.25) is 14.5 Å². The van der Waals surface area contributed by atoms with Gasteiger partial charge >= 0.3 is 5.91 Å². The van der Waals surface area contributed by atoms with Gasteiger partial charge in [0.1, 0.15) is 29.0 Å². The van der Waals surface area contributed by atoms with Crippen molar-refractivity contribution in [1.29, 1.82) is 0 Å². The number of hydrogen-bond acceptors (Lipinski definition) is 8. The minimum atomic E-state index is -1.01. The zero-order valence-corrected chi connectivity index (χ0v) is 21.5. The van der Waals surface area contributed by atoms with E-state index in [1.165, 1.54) is 30.5 Å². The first-order chi connectivity index (χ1) is 17.9. The smallest absolute Gasteiger partial charge is 0.301 e. The van der Waals surface area contributed by atoms with Gasteiger partial charge in [0.05, 0.1) is 37.1 Å². The SMILES string of the molecule is COc1ccc(OC)c([C@H]2/C(=C(\O)c3ccc(C)cc3)C(=O)C(=O)N2c2nc3ccc(OC)cc3s2)c1. The highest BCUT2D eigenvalue weighted by molar-refractivity contribution is 7.22. The number of ether oxygens (including phenoxy) is 3. The Balaban J connectivity index is 1.77. The van der Waals surface area contributed by atoms with E-state index in [1.54, 1.807) is 49.6 Å². The topological polar surface area (TPSA) is 98.2 Å². The fourth-order valence-corrected chi connectivity index (χ4v) is 5.39. The number of methoxy groups -OCH3 is 3. The zero-order chi connectivity index (χ0) is 26.3. The predicted molar refractivity (Wildman–Crippen MR) is 142 cm³/mol. The highest BCUT2D eigenvalue weighted by Crippen LogP contribution is 2.47. The third kappa shape index (κ3) is 4.17. The standard InChI is InChI=1S/C28H24N2O6S/c1-15-5-7-16(8-6-15)25(31)23-24(19-13-17(34-2)10-12-21(19)36-4)30(27(33)26(23)32)28-29-20-11-9-18(35-3)14-22(20)37-28/h5-14,24,31H,1-4H3/b25-23+/t24-/m0/s1. The maximum absolute atomic E-state index is 13.5. The van der Waals surface area contributed by atoms with Crippen LogP contribution in [-0.4, -0.2) is 43.1 Å². The van der Waals surface area contributed by atoms with E-state index >= 15 is 0 Å². The van der Waals surface area contributed by atoms with Gasteiger partial charge in [-0.15, -0.1) is 0 Å². The Bertz CT molecular complexity index is 1560. The monoisotopic (exact) mass is 516 g/mol. The molecule has 4 aromatic rings. The maximum atomic E-state index is 13.5. The summed E-state index contributed by atoms with van der Waals surface area (Å²) >= 11 is 1.25. The van der Waals surface area contributed by atoms with Crippen LogP contribution in [0, 0.1) is 6.92 Å². The molecule has 0 bridgehead atoms. The largest absolute Gasteiger partial charge is 0.507 e. The molecule has 188 valence electrons. The van der Waals surface area contributed by atoms with Crippen LogP contribution >= 0.6 is 11.3 Å². The van der Waals surface area contributed by atoms with E-state index in [2.05, 4.69) is 4.98 Å². The molecule has 0 aliphatic carbocycles. The summed E-state index contributed by atoms with van der Waals surface area (Å²) in [5, 5.41) is 11.7. The number of hydrogen-bond donors (Lipinski definition) is 1. The number of aliphatic hydroxyl groups is 1. The highest BCUT2D eigenvalue weighted by atomic mass is 32.1. The Morgan fingerprint density at radius 2 is 1.59 bits per heavy atom. The van der Waals surface area contributed by atoms with Crippen LogP contribution in [-0.2, 0) is 9.59 Å². The number of nitrogens with zero attached hydrogens (tertiary/aromatic N) is 2. The number of carbonyl (C=O) groups excluding carboxylic acids is 2. The van der Waals surface area contributed by atoms with Gasteiger partial charge in [0.2, 0.25) is 0 Å². The molecular weight excluding hydrogens is 492 g/mol. The summed E-state index contributed by atoms with van der Waals surface area (Å²) in [4.78, 5) is 33.0. The summed E-state index contributed by atoms with van der Waals surface area (Å²) in [6.07, 6.45) is 0. The lowest BCUT2D eigenvalue weighted by atomic mass is 9.94. The van der Waals surface area contributed by atoms with Crippen LogP contribution in [0.25, 0.3) is 16.0 Å². The molecular formula is C28H24N2O6S. The first-order valence-electron chi connectivity index (χ1n) is 11.4. The van der Waals surface area contributed by atoms with Crippen molar-refractivity contribution in [2.75, 3.05) is 26.2 Å². The van der Waals surface area contributed by atoms with Gasteiger partial charge in [0, 0.05) is 11.1 Å².